The molecule has 0 bridgehead atoms. The number of aliphatic hydroxyl groups excluding tert-OH is 1. The second-order valence-electron chi connectivity index (χ2n) is 4.29. The Balaban J connectivity index is 1.69. The van der Waals surface area contributed by atoms with Crippen LogP contribution in [0.25, 0.3) is 9.88 Å². The van der Waals surface area contributed by atoms with Gasteiger partial charge in [0.1, 0.15) is 5.01 Å². The maximum Gasteiger partial charge on any atom is 0.133 e. The third-order valence-electron chi connectivity index (χ3n) is 2.91. The van der Waals surface area contributed by atoms with Crippen LogP contribution < -0.4 is 0 Å². The smallest absolute Gasteiger partial charge is 0.133 e. The summed E-state index contributed by atoms with van der Waals surface area (Å²) < 4.78 is 0. The van der Waals surface area contributed by atoms with E-state index in [1.54, 1.807) is 22.7 Å². The van der Waals surface area contributed by atoms with E-state index >= 15 is 0 Å². The van der Waals surface area contributed by atoms with E-state index in [4.69, 9.17) is 0 Å². The summed E-state index contributed by atoms with van der Waals surface area (Å²) >= 11 is 3.48. The van der Waals surface area contributed by atoms with Gasteiger partial charge in [0.2, 0.25) is 0 Å². The number of rotatable bonds is 3. The molecule has 0 radical (unpaired) electrons. The van der Waals surface area contributed by atoms with Crippen molar-refractivity contribution in [3.05, 3.63) is 28.6 Å². The van der Waals surface area contributed by atoms with Gasteiger partial charge < -0.3 is 5.11 Å². The molecule has 2 aromatic heterocycles. The molecule has 17 heavy (non-hydrogen) atoms. The minimum Gasteiger partial charge on any atom is -0.392 e. The van der Waals surface area contributed by atoms with Gasteiger partial charge in [-0.05, 0) is 17.9 Å². The summed E-state index contributed by atoms with van der Waals surface area (Å²) in [5, 5.41) is 12.7. The third kappa shape index (κ3) is 2.57. The normalized spacial score (nSPS) is 21.1. The lowest BCUT2D eigenvalue weighted by atomic mass is 10.3. The molecule has 2 aromatic rings. The second-order valence-corrected chi connectivity index (χ2v) is 6.35. The highest BCUT2D eigenvalue weighted by atomic mass is 32.1. The largest absolute Gasteiger partial charge is 0.392 e. The quantitative estimate of drug-likeness (QED) is 0.927. The molecule has 1 aliphatic rings. The lowest BCUT2D eigenvalue weighted by Gasteiger charge is -2.12. The first-order chi connectivity index (χ1) is 8.31. The van der Waals surface area contributed by atoms with E-state index in [0.717, 1.165) is 31.1 Å². The van der Waals surface area contributed by atoms with Crippen molar-refractivity contribution in [2.24, 2.45) is 0 Å². The van der Waals surface area contributed by atoms with Crippen molar-refractivity contribution in [1.82, 2.24) is 9.88 Å². The van der Waals surface area contributed by atoms with Crippen LogP contribution in [-0.4, -0.2) is 34.2 Å². The molecule has 1 N–H and O–H groups in total. The fourth-order valence-electron chi connectivity index (χ4n) is 2.07. The van der Waals surface area contributed by atoms with Gasteiger partial charge in [0.15, 0.2) is 0 Å². The van der Waals surface area contributed by atoms with Crippen molar-refractivity contribution in [3.8, 4) is 9.88 Å². The van der Waals surface area contributed by atoms with Crippen LogP contribution in [0.3, 0.4) is 0 Å². The molecule has 1 saturated heterocycles. The molecule has 1 fully saturated rings. The molecule has 0 unspecified atom stereocenters. The Labute approximate surface area is 108 Å². The van der Waals surface area contributed by atoms with Crippen LogP contribution in [0.2, 0.25) is 0 Å². The summed E-state index contributed by atoms with van der Waals surface area (Å²) in [4.78, 5) is 9.27. The fraction of sp³-hybridized carbons (Fsp3) is 0.417. The minimum atomic E-state index is -0.139. The molecule has 3 heterocycles. The Morgan fingerprint density at radius 3 is 3.18 bits per heavy atom. The van der Waals surface area contributed by atoms with E-state index in [-0.39, 0.29) is 6.10 Å². The summed E-state index contributed by atoms with van der Waals surface area (Å²) in [6.45, 7) is 2.71. The zero-order chi connectivity index (χ0) is 11.7. The molecule has 0 amide bonds. The van der Waals surface area contributed by atoms with Gasteiger partial charge in [0, 0.05) is 30.7 Å². The highest BCUT2D eigenvalue weighted by molar-refractivity contribution is 7.20. The molecule has 0 spiro atoms. The van der Waals surface area contributed by atoms with Gasteiger partial charge in [-0.3, -0.25) is 4.90 Å². The Kier molecular flexibility index (Phi) is 3.24. The van der Waals surface area contributed by atoms with Gasteiger partial charge in [0.05, 0.1) is 11.0 Å². The molecule has 1 atom stereocenters. The van der Waals surface area contributed by atoms with Crippen molar-refractivity contribution < 1.29 is 5.11 Å². The van der Waals surface area contributed by atoms with Gasteiger partial charge in [0.25, 0.3) is 0 Å². The van der Waals surface area contributed by atoms with Crippen LogP contribution in [0.15, 0.2) is 23.7 Å². The number of β-amino-alcohol motifs (C(OH)–C–C–N with tert-alkyl or cyclic N) is 1. The highest BCUT2D eigenvalue weighted by Crippen LogP contribution is 2.29. The maximum absolute atomic E-state index is 9.48. The predicted molar refractivity (Wildman–Crippen MR) is 71.3 cm³/mol. The molecule has 1 aliphatic heterocycles. The summed E-state index contributed by atoms with van der Waals surface area (Å²) in [7, 11) is 0. The van der Waals surface area contributed by atoms with E-state index < -0.39 is 0 Å². The number of hydrogen-bond donors (Lipinski definition) is 1. The van der Waals surface area contributed by atoms with Crippen LogP contribution >= 0.6 is 22.7 Å². The first-order valence-electron chi connectivity index (χ1n) is 5.70. The van der Waals surface area contributed by atoms with Gasteiger partial charge in [-0.1, -0.05) is 6.07 Å². The zero-order valence-electron chi connectivity index (χ0n) is 9.37. The highest BCUT2D eigenvalue weighted by Gasteiger charge is 2.20. The molecular formula is C12H14N2OS2. The van der Waals surface area contributed by atoms with Gasteiger partial charge in [-0.25, -0.2) is 4.98 Å². The van der Waals surface area contributed by atoms with Crippen LogP contribution in [-0.2, 0) is 6.54 Å². The Morgan fingerprint density at radius 1 is 1.53 bits per heavy atom. The van der Waals surface area contributed by atoms with Crippen molar-refractivity contribution >= 4 is 22.7 Å². The van der Waals surface area contributed by atoms with Gasteiger partial charge >= 0.3 is 0 Å². The van der Waals surface area contributed by atoms with Crippen molar-refractivity contribution in [3.63, 3.8) is 0 Å². The average molecular weight is 266 g/mol. The lowest BCUT2D eigenvalue weighted by Crippen LogP contribution is -2.20. The molecule has 3 nitrogen and oxygen atoms in total. The first-order valence-corrected chi connectivity index (χ1v) is 7.40. The van der Waals surface area contributed by atoms with Gasteiger partial charge in [-0.2, -0.15) is 0 Å². The van der Waals surface area contributed by atoms with Crippen molar-refractivity contribution in [1.29, 1.82) is 0 Å². The standard InChI is InChI=1S/C12H14N2OS2/c15-9-3-4-14(7-9)8-10-6-13-12(17-10)11-2-1-5-16-11/h1-2,5-6,9,15H,3-4,7-8H2/t9-/m1/s1. The predicted octanol–water partition coefficient (Wildman–Crippen LogP) is 2.44. The van der Waals surface area contributed by atoms with E-state index in [9.17, 15) is 5.11 Å². The topological polar surface area (TPSA) is 36.4 Å². The van der Waals surface area contributed by atoms with E-state index in [2.05, 4.69) is 27.4 Å². The summed E-state index contributed by atoms with van der Waals surface area (Å²) in [5.41, 5.74) is 0. The van der Waals surface area contributed by atoms with Crippen LogP contribution in [0.5, 0.6) is 0 Å². The van der Waals surface area contributed by atoms with E-state index in [0.29, 0.717) is 0 Å². The molecule has 0 saturated carbocycles. The van der Waals surface area contributed by atoms with Crippen LogP contribution in [0, 0.1) is 0 Å². The van der Waals surface area contributed by atoms with E-state index in [1.165, 1.54) is 9.75 Å². The lowest BCUT2D eigenvalue weighted by molar-refractivity contribution is 0.175. The number of aromatic nitrogens is 1. The summed E-state index contributed by atoms with van der Waals surface area (Å²) in [6.07, 6.45) is 2.72. The maximum atomic E-state index is 9.48. The number of likely N-dealkylation sites (tertiary alicyclic amines) is 1. The fourth-order valence-corrected chi connectivity index (χ4v) is 3.83. The molecule has 0 aliphatic carbocycles. The second kappa shape index (κ2) is 4.86. The Hall–Kier alpha value is -0.750. The van der Waals surface area contributed by atoms with Crippen LogP contribution in [0.4, 0.5) is 0 Å². The Bertz CT molecular complexity index is 480. The number of nitrogens with zero attached hydrogens (tertiary/aromatic N) is 2. The molecule has 5 heteroatoms. The minimum absolute atomic E-state index is 0.139. The number of aliphatic hydroxyl groups is 1. The molecular weight excluding hydrogens is 252 g/mol. The summed E-state index contributed by atoms with van der Waals surface area (Å²) in [6, 6.07) is 4.16. The SMILES string of the molecule is O[C@@H]1CCN(Cc2cnc(-c3cccs3)s2)C1. The number of thiophene rings is 1. The average Bonchev–Trinajstić information content (AvgIpc) is 3.00. The Morgan fingerprint density at radius 2 is 2.47 bits per heavy atom. The van der Waals surface area contributed by atoms with E-state index in [1.807, 2.05) is 6.20 Å². The molecule has 90 valence electrons. The van der Waals surface area contributed by atoms with Gasteiger partial charge in [-0.15, -0.1) is 22.7 Å². The molecule has 3 rings (SSSR count). The van der Waals surface area contributed by atoms with Crippen molar-refractivity contribution in [2.45, 2.75) is 19.1 Å². The first kappa shape index (κ1) is 11.3. The molecule has 0 aromatic carbocycles. The monoisotopic (exact) mass is 266 g/mol. The summed E-state index contributed by atoms with van der Waals surface area (Å²) in [5.74, 6) is 0. The van der Waals surface area contributed by atoms with Crippen molar-refractivity contribution in [2.75, 3.05) is 13.1 Å². The number of hydrogen-bond acceptors (Lipinski definition) is 5. The zero-order valence-corrected chi connectivity index (χ0v) is 11.0. The third-order valence-corrected chi connectivity index (χ3v) is 4.93. The van der Waals surface area contributed by atoms with Crippen LogP contribution in [0.1, 0.15) is 11.3 Å². The number of thiazole rings is 1.